The largest absolute Gasteiger partial charge is 0.388 e. The van der Waals surface area contributed by atoms with Crippen molar-refractivity contribution in [2.24, 2.45) is 17.8 Å². The van der Waals surface area contributed by atoms with E-state index >= 15 is 0 Å². The Bertz CT molecular complexity index is 1080. The maximum Gasteiger partial charge on any atom is 0.163 e. The van der Waals surface area contributed by atoms with Crippen LogP contribution >= 0.6 is 0 Å². The number of pyridine rings is 1. The van der Waals surface area contributed by atoms with Gasteiger partial charge in [0, 0.05) is 50.4 Å². The lowest BCUT2D eigenvalue weighted by atomic mass is 9.86. The van der Waals surface area contributed by atoms with Crippen molar-refractivity contribution in [1.82, 2.24) is 15.2 Å². The number of hydrogen-bond donors (Lipinski definition) is 5. The zero-order valence-corrected chi connectivity index (χ0v) is 26.7. The number of ether oxygens (including phenoxy) is 1. The van der Waals surface area contributed by atoms with Crippen molar-refractivity contribution in [3.05, 3.63) is 42.1 Å². The first-order valence-corrected chi connectivity index (χ1v) is 15.3. The highest BCUT2D eigenvalue weighted by molar-refractivity contribution is 5.78. The Morgan fingerprint density at radius 1 is 1.02 bits per heavy atom. The van der Waals surface area contributed by atoms with Gasteiger partial charge in [-0.25, -0.2) is 0 Å². The van der Waals surface area contributed by atoms with Crippen LogP contribution in [0.15, 0.2) is 36.4 Å². The van der Waals surface area contributed by atoms with Gasteiger partial charge in [0.25, 0.3) is 0 Å². The van der Waals surface area contributed by atoms with Gasteiger partial charge in [0.05, 0.1) is 17.3 Å². The van der Waals surface area contributed by atoms with Crippen molar-refractivity contribution < 1.29 is 30.0 Å². The molecule has 9 nitrogen and oxygen atoms in total. The molecule has 0 fully saturated rings. The Kier molecular flexibility index (Phi) is 14.4. The van der Waals surface area contributed by atoms with E-state index in [9.17, 15) is 25.2 Å². The van der Waals surface area contributed by atoms with E-state index in [2.05, 4.69) is 16.3 Å². The predicted octanol–water partition coefficient (Wildman–Crippen LogP) is 3.51. The molecular weight excluding hydrogens is 534 g/mol. The quantitative estimate of drug-likeness (QED) is 0.0893. The summed E-state index contributed by atoms with van der Waals surface area (Å²) in [5, 5.41) is 48.4. The molecule has 2 rings (SSSR count). The average Bonchev–Trinajstić information content (AvgIpc) is 2.93. The second-order valence-corrected chi connectivity index (χ2v) is 12.8. The van der Waals surface area contributed by atoms with Crippen LogP contribution in [0.3, 0.4) is 0 Å². The second-order valence-electron chi connectivity index (χ2n) is 12.8. The monoisotopic (exact) mass is 589 g/mol. The van der Waals surface area contributed by atoms with E-state index in [-0.39, 0.29) is 30.6 Å². The van der Waals surface area contributed by atoms with E-state index < -0.39 is 29.6 Å². The summed E-state index contributed by atoms with van der Waals surface area (Å²) in [4.78, 5) is 17.8. The molecule has 1 heterocycles. The molecule has 0 aliphatic heterocycles. The number of hydrogen-bond acceptors (Lipinski definition) is 9. The summed E-state index contributed by atoms with van der Waals surface area (Å²) < 4.78 is 5.33. The fourth-order valence-electron chi connectivity index (χ4n) is 5.90. The van der Waals surface area contributed by atoms with Crippen LogP contribution in [0.5, 0.6) is 0 Å². The van der Waals surface area contributed by atoms with Crippen molar-refractivity contribution >= 4 is 17.2 Å². The first-order valence-electron chi connectivity index (χ1n) is 15.3. The highest BCUT2D eigenvalue weighted by atomic mass is 16.5. The molecular formula is C33H55N3O6. The van der Waals surface area contributed by atoms with E-state index in [1.54, 1.807) is 13.8 Å². The molecule has 1 aromatic carbocycles. The summed E-state index contributed by atoms with van der Waals surface area (Å²) in [5.41, 5.74) is 0.457. The number of nitrogens with one attached hydrogen (secondary N) is 1. The number of benzene rings is 1. The number of nitrogens with zero attached hydrogens (tertiary/aromatic N) is 2. The summed E-state index contributed by atoms with van der Waals surface area (Å²) in [5.74, 6) is -2.11. The molecule has 0 saturated carbocycles. The Hall–Kier alpha value is -1.98. The van der Waals surface area contributed by atoms with E-state index in [0.717, 1.165) is 35.8 Å². The third-order valence-electron chi connectivity index (χ3n) is 8.47. The zero-order chi connectivity index (χ0) is 31.5. The number of rotatable bonds is 20. The molecule has 0 amide bonds. The molecule has 5 N–H and O–H groups in total. The Morgan fingerprint density at radius 3 is 2.36 bits per heavy atom. The molecule has 238 valence electrons. The lowest BCUT2D eigenvalue weighted by Gasteiger charge is -2.42. The van der Waals surface area contributed by atoms with E-state index in [4.69, 9.17) is 9.72 Å². The normalized spacial score (nSPS) is 18.3. The summed E-state index contributed by atoms with van der Waals surface area (Å²) in [7, 11) is 1.51. The third kappa shape index (κ3) is 11.3. The molecule has 2 aromatic rings. The van der Waals surface area contributed by atoms with Crippen LogP contribution in [-0.2, 0) is 16.1 Å². The van der Waals surface area contributed by atoms with Crippen molar-refractivity contribution in [3.63, 3.8) is 0 Å². The van der Waals surface area contributed by atoms with Crippen LogP contribution in [-0.4, -0.2) is 93.0 Å². The first kappa shape index (κ1) is 36.2. The van der Waals surface area contributed by atoms with Gasteiger partial charge in [-0.05, 0) is 70.7 Å². The van der Waals surface area contributed by atoms with E-state index in [0.29, 0.717) is 26.1 Å². The van der Waals surface area contributed by atoms with Gasteiger partial charge in [0.1, 0.15) is 18.0 Å². The molecule has 1 aromatic heterocycles. The van der Waals surface area contributed by atoms with E-state index in [1.165, 1.54) is 7.11 Å². The standard InChI is InChI=1S/C33H55N3O6/c1-23(17-24(2)22-37)18-33(40,41)19-25(3)21-36(26(4)31(38)32(6,39)27(5)42-7)16-10-15-34-20-29-14-13-28-11-8-9-12-30(28)35-29/h8-9,11-14,22-27,31,34,38-41H,10,15-21H2,1-7H3/t23-,24?,25+,26?,27+,31?,32+/m0/s1. The zero-order valence-electron chi connectivity index (χ0n) is 26.7. The number of carbonyl (C=O) groups is 1. The minimum atomic E-state index is -1.86. The molecule has 0 bridgehead atoms. The Morgan fingerprint density at radius 2 is 1.69 bits per heavy atom. The smallest absolute Gasteiger partial charge is 0.163 e. The molecule has 42 heavy (non-hydrogen) atoms. The van der Waals surface area contributed by atoms with Gasteiger partial charge < -0.3 is 35.3 Å². The van der Waals surface area contributed by atoms with Gasteiger partial charge in [-0.3, -0.25) is 9.88 Å². The number of aromatic nitrogens is 1. The fourth-order valence-corrected chi connectivity index (χ4v) is 5.90. The third-order valence-corrected chi connectivity index (χ3v) is 8.47. The van der Waals surface area contributed by atoms with Gasteiger partial charge in [-0.2, -0.15) is 0 Å². The van der Waals surface area contributed by atoms with Gasteiger partial charge in [0.15, 0.2) is 5.79 Å². The predicted molar refractivity (Wildman–Crippen MR) is 167 cm³/mol. The van der Waals surface area contributed by atoms with Gasteiger partial charge in [-0.15, -0.1) is 0 Å². The number of carbonyl (C=O) groups excluding carboxylic acids is 1. The van der Waals surface area contributed by atoms with Crippen molar-refractivity contribution in [3.8, 4) is 0 Å². The van der Waals surface area contributed by atoms with Crippen molar-refractivity contribution in [2.45, 2.75) is 103 Å². The molecule has 0 saturated heterocycles. The molecule has 0 radical (unpaired) electrons. The van der Waals surface area contributed by atoms with Crippen LogP contribution in [0, 0.1) is 17.8 Å². The van der Waals surface area contributed by atoms with Gasteiger partial charge in [0.2, 0.25) is 0 Å². The molecule has 9 heteroatoms. The summed E-state index contributed by atoms with van der Waals surface area (Å²) in [6, 6.07) is 11.7. The van der Waals surface area contributed by atoms with Crippen LogP contribution in [0.4, 0.5) is 0 Å². The number of methoxy groups -OCH3 is 1. The van der Waals surface area contributed by atoms with Gasteiger partial charge >= 0.3 is 0 Å². The SMILES string of the molecule is CO[C@H](C)[C@@](C)(O)C(O)C(C)N(CCCNCc1ccc2ccccc2n1)C[C@H](C)CC(O)(O)C[C@@H](C)CC(C)C=O. The van der Waals surface area contributed by atoms with Crippen molar-refractivity contribution in [2.75, 3.05) is 26.7 Å². The lowest BCUT2D eigenvalue weighted by Crippen LogP contribution is -2.58. The maximum absolute atomic E-state index is 11.2. The fraction of sp³-hybridized carbons (Fsp3) is 0.697. The summed E-state index contributed by atoms with van der Waals surface area (Å²) in [6.07, 6.45) is 0.944. The average molecular weight is 590 g/mol. The van der Waals surface area contributed by atoms with Gasteiger partial charge in [-0.1, -0.05) is 45.0 Å². The van der Waals surface area contributed by atoms with Crippen LogP contribution in [0.25, 0.3) is 10.9 Å². The lowest BCUT2D eigenvalue weighted by molar-refractivity contribution is -0.187. The maximum atomic E-state index is 11.2. The Labute approximate surface area is 252 Å². The number of aliphatic hydroxyl groups excluding tert-OH is 1. The first-order chi connectivity index (χ1) is 19.7. The van der Waals surface area contributed by atoms with E-state index in [1.807, 2.05) is 58.0 Å². The molecule has 3 unspecified atom stereocenters. The minimum Gasteiger partial charge on any atom is -0.388 e. The topological polar surface area (TPSA) is 135 Å². The highest BCUT2D eigenvalue weighted by Crippen LogP contribution is 2.28. The Balaban J connectivity index is 2.02. The highest BCUT2D eigenvalue weighted by Gasteiger charge is 2.42. The molecule has 7 atom stereocenters. The molecule has 0 aliphatic carbocycles. The van der Waals surface area contributed by atoms with Crippen LogP contribution in [0.1, 0.15) is 72.9 Å². The number of aldehydes is 1. The minimum absolute atomic E-state index is 0.0157. The van der Waals surface area contributed by atoms with Crippen LogP contribution in [0.2, 0.25) is 0 Å². The molecule has 0 aliphatic rings. The number of aliphatic hydroxyl groups is 4. The van der Waals surface area contributed by atoms with Crippen LogP contribution < -0.4 is 5.32 Å². The second kappa shape index (κ2) is 16.8. The number of para-hydroxylation sites is 1. The number of fused-ring (bicyclic) bond motifs is 1. The van der Waals surface area contributed by atoms with Crippen molar-refractivity contribution in [1.29, 1.82) is 0 Å². The molecule has 0 spiro atoms. The summed E-state index contributed by atoms with van der Waals surface area (Å²) >= 11 is 0. The summed E-state index contributed by atoms with van der Waals surface area (Å²) in [6.45, 7) is 13.4.